The number of carboxylic acid groups (broad SMARTS) is 1. The molecule has 0 aromatic heterocycles. The van der Waals surface area contributed by atoms with Gasteiger partial charge in [0.25, 0.3) is 0 Å². The van der Waals surface area contributed by atoms with Crippen molar-refractivity contribution in [2.24, 2.45) is 11.8 Å². The van der Waals surface area contributed by atoms with E-state index in [0.717, 1.165) is 31.2 Å². The number of carboxylic acids is 1. The summed E-state index contributed by atoms with van der Waals surface area (Å²) in [6.45, 7) is 0.362. The monoisotopic (exact) mass is 420 g/mol. The lowest BCUT2D eigenvalue weighted by molar-refractivity contribution is -0.152. The Morgan fingerprint density at radius 3 is 2.70 bits per heavy atom. The SMILES string of the molecule is O=C(O)CCCCCC[C@@H]1[C@@H](/C=C/[C@H](O)C2OCc3ccccc3O2)[C@H](O)C[C@@H]1O. The maximum Gasteiger partial charge on any atom is 0.303 e. The summed E-state index contributed by atoms with van der Waals surface area (Å²) in [5.74, 6) is -0.415. The van der Waals surface area contributed by atoms with E-state index in [0.29, 0.717) is 25.2 Å². The molecule has 0 amide bonds. The molecule has 4 N–H and O–H groups in total. The minimum atomic E-state index is -0.986. The fourth-order valence-electron chi connectivity index (χ4n) is 4.36. The third kappa shape index (κ3) is 6.04. The van der Waals surface area contributed by atoms with Crippen molar-refractivity contribution in [2.75, 3.05) is 0 Å². The number of hydrogen-bond donors (Lipinski definition) is 4. The lowest BCUT2D eigenvalue weighted by Gasteiger charge is -2.28. The van der Waals surface area contributed by atoms with Crippen LogP contribution in [0.3, 0.4) is 0 Å². The number of carbonyl (C=O) groups is 1. The first-order chi connectivity index (χ1) is 14.5. The topological polar surface area (TPSA) is 116 Å². The highest BCUT2D eigenvalue weighted by Gasteiger charge is 2.40. The number of rotatable bonds is 10. The third-order valence-corrected chi connectivity index (χ3v) is 6.02. The van der Waals surface area contributed by atoms with Gasteiger partial charge >= 0.3 is 5.97 Å². The summed E-state index contributed by atoms with van der Waals surface area (Å²) < 4.78 is 11.3. The van der Waals surface area contributed by atoms with E-state index in [1.807, 2.05) is 24.3 Å². The van der Waals surface area contributed by atoms with Crippen LogP contribution >= 0.6 is 0 Å². The van der Waals surface area contributed by atoms with Crippen LogP contribution in [0.1, 0.15) is 50.5 Å². The molecule has 7 nitrogen and oxygen atoms in total. The number of aliphatic carboxylic acids is 1. The molecule has 7 heteroatoms. The highest BCUT2D eigenvalue weighted by molar-refractivity contribution is 5.66. The quantitative estimate of drug-likeness (QED) is 0.340. The van der Waals surface area contributed by atoms with Crippen LogP contribution in [0.15, 0.2) is 36.4 Å². The minimum Gasteiger partial charge on any atom is -0.481 e. The molecule has 1 aliphatic heterocycles. The van der Waals surface area contributed by atoms with Gasteiger partial charge in [-0.05, 0) is 24.8 Å². The van der Waals surface area contributed by atoms with Crippen molar-refractivity contribution in [1.29, 1.82) is 0 Å². The molecular formula is C23H32O7. The normalized spacial score (nSPS) is 29.5. The third-order valence-electron chi connectivity index (χ3n) is 6.02. The molecule has 1 aliphatic carbocycles. The van der Waals surface area contributed by atoms with Crippen LogP contribution in [0.25, 0.3) is 0 Å². The molecule has 1 heterocycles. The number of aliphatic hydroxyl groups is 3. The Morgan fingerprint density at radius 1 is 1.13 bits per heavy atom. The van der Waals surface area contributed by atoms with Crippen LogP contribution in [0.2, 0.25) is 0 Å². The second-order valence-electron chi connectivity index (χ2n) is 8.24. The van der Waals surface area contributed by atoms with E-state index < -0.39 is 30.6 Å². The predicted octanol–water partition coefficient (Wildman–Crippen LogP) is 2.62. The van der Waals surface area contributed by atoms with Crippen LogP contribution in [0.4, 0.5) is 0 Å². The van der Waals surface area contributed by atoms with E-state index in [-0.39, 0.29) is 18.3 Å². The van der Waals surface area contributed by atoms with Gasteiger partial charge in [-0.1, -0.05) is 49.6 Å². The van der Waals surface area contributed by atoms with Gasteiger partial charge in [0, 0.05) is 24.3 Å². The predicted molar refractivity (Wildman–Crippen MR) is 110 cm³/mol. The molecule has 0 bridgehead atoms. The second-order valence-corrected chi connectivity index (χ2v) is 8.24. The summed E-state index contributed by atoms with van der Waals surface area (Å²) in [6, 6.07) is 7.52. The molecule has 3 rings (SSSR count). The Balaban J connectivity index is 1.50. The van der Waals surface area contributed by atoms with Crippen molar-refractivity contribution in [3.8, 4) is 5.75 Å². The van der Waals surface area contributed by atoms with Crippen LogP contribution in [0.5, 0.6) is 5.75 Å². The number of benzene rings is 1. The van der Waals surface area contributed by atoms with Gasteiger partial charge in [-0.25, -0.2) is 0 Å². The van der Waals surface area contributed by atoms with Crippen LogP contribution < -0.4 is 4.74 Å². The smallest absolute Gasteiger partial charge is 0.303 e. The Morgan fingerprint density at radius 2 is 1.90 bits per heavy atom. The summed E-state index contributed by atoms with van der Waals surface area (Å²) >= 11 is 0. The first-order valence-corrected chi connectivity index (χ1v) is 10.8. The molecule has 30 heavy (non-hydrogen) atoms. The van der Waals surface area contributed by atoms with Crippen molar-refractivity contribution in [2.45, 2.75) is 76.2 Å². The molecule has 1 aromatic rings. The first kappa shape index (κ1) is 22.7. The lowest BCUT2D eigenvalue weighted by atomic mass is 9.88. The summed E-state index contributed by atoms with van der Waals surface area (Å²) in [7, 11) is 0. The van der Waals surface area contributed by atoms with Gasteiger partial charge in [0.1, 0.15) is 11.9 Å². The van der Waals surface area contributed by atoms with Gasteiger partial charge in [0.2, 0.25) is 6.29 Å². The molecule has 1 aromatic carbocycles. The molecule has 1 fully saturated rings. The zero-order valence-electron chi connectivity index (χ0n) is 17.1. The van der Waals surface area contributed by atoms with Gasteiger partial charge in [-0.3, -0.25) is 4.79 Å². The largest absolute Gasteiger partial charge is 0.481 e. The van der Waals surface area contributed by atoms with Crippen molar-refractivity contribution >= 4 is 5.97 Å². The van der Waals surface area contributed by atoms with Crippen molar-refractivity contribution in [1.82, 2.24) is 0 Å². The highest BCUT2D eigenvalue weighted by Crippen LogP contribution is 2.37. The fourth-order valence-corrected chi connectivity index (χ4v) is 4.36. The molecule has 0 spiro atoms. The molecular weight excluding hydrogens is 388 g/mol. The Bertz CT molecular complexity index is 719. The Hall–Kier alpha value is -1.93. The van der Waals surface area contributed by atoms with Crippen LogP contribution in [0, 0.1) is 11.8 Å². The van der Waals surface area contributed by atoms with E-state index in [1.54, 1.807) is 12.2 Å². The van der Waals surface area contributed by atoms with E-state index >= 15 is 0 Å². The molecule has 0 radical (unpaired) electrons. The average Bonchev–Trinajstić information content (AvgIpc) is 3.00. The summed E-state index contributed by atoms with van der Waals surface area (Å²) in [5.41, 5.74) is 0.933. The number of unbranched alkanes of at least 4 members (excludes halogenated alkanes) is 3. The maximum absolute atomic E-state index is 10.6. The zero-order valence-corrected chi connectivity index (χ0v) is 17.1. The zero-order chi connectivity index (χ0) is 21.5. The summed E-state index contributed by atoms with van der Waals surface area (Å²) in [6.07, 6.45) is 4.84. The number of aliphatic hydroxyl groups excluding tert-OH is 3. The van der Waals surface area contributed by atoms with Gasteiger partial charge in [0.05, 0.1) is 18.8 Å². The number of para-hydroxylation sites is 1. The molecule has 2 aliphatic rings. The molecule has 1 unspecified atom stereocenters. The molecule has 6 atom stereocenters. The van der Waals surface area contributed by atoms with E-state index in [9.17, 15) is 20.1 Å². The molecule has 1 saturated carbocycles. The standard InChI is InChI=1S/C23H32O7/c24-18(23-29-14-15-7-5-6-9-21(15)30-23)12-11-17-16(19(25)13-20(17)26)8-3-1-2-4-10-22(27)28/h5-7,9,11-12,16-20,23-26H,1-4,8,10,13-14H2,(H,27,28)/b12-11+/t16-,17-,18+,19+,20-,23?/m1/s1. The second kappa shape index (κ2) is 10.9. The van der Waals surface area contributed by atoms with Crippen molar-refractivity contribution < 1.29 is 34.7 Å². The molecule has 166 valence electrons. The van der Waals surface area contributed by atoms with Crippen molar-refractivity contribution in [3.05, 3.63) is 42.0 Å². The number of hydrogen-bond acceptors (Lipinski definition) is 6. The van der Waals surface area contributed by atoms with Gasteiger partial charge in [-0.2, -0.15) is 0 Å². The van der Waals surface area contributed by atoms with Crippen molar-refractivity contribution in [3.63, 3.8) is 0 Å². The molecule has 0 saturated heterocycles. The lowest BCUT2D eigenvalue weighted by Crippen LogP contribution is -2.36. The van der Waals surface area contributed by atoms with E-state index in [2.05, 4.69) is 0 Å². The Labute approximate surface area is 176 Å². The minimum absolute atomic E-state index is 0.0863. The van der Waals surface area contributed by atoms with Gasteiger partial charge in [0.15, 0.2) is 0 Å². The van der Waals surface area contributed by atoms with E-state index in [4.69, 9.17) is 14.6 Å². The van der Waals surface area contributed by atoms with Crippen LogP contribution in [-0.4, -0.2) is 51.0 Å². The first-order valence-electron chi connectivity index (χ1n) is 10.8. The van der Waals surface area contributed by atoms with Gasteiger partial charge in [-0.15, -0.1) is 0 Å². The fraction of sp³-hybridized carbons (Fsp3) is 0.609. The average molecular weight is 421 g/mol. The number of ether oxygens (including phenoxy) is 2. The Kier molecular flexibility index (Phi) is 8.27. The number of fused-ring (bicyclic) bond motifs is 1. The summed E-state index contributed by atoms with van der Waals surface area (Å²) in [4.78, 5) is 10.6. The van der Waals surface area contributed by atoms with Gasteiger partial charge < -0.3 is 29.9 Å². The summed E-state index contributed by atoms with van der Waals surface area (Å²) in [5, 5.41) is 39.9. The van der Waals surface area contributed by atoms with Crippen LogP contribution in [-0.2, 0) is 16.1 Å². The van der Waals surface area contributed by atoms with E-state index in [1.165, 1.54) is 0 Å². The highest BCUT2D eigenvalue weighted by atomic mass is 16.7. The maximum atomic E-state index is 10.6.